The molecule has 1 radical (unpaired) electrons. The SMILES string of the molecule is C[CH]CCC.[Cl][Al]1[N]2C=C[N]1C2. The molecule has 0 amide bonds. The minimum absolute atomic E-state index is 1.02. The molecule has 0 saturated carbocycles. The molecule has 2 bridgehead atoms. The first-order valence-electron chi connectivity index (χ1n) is 4.41. The Morgan fingerprint density at radius 2 is 2.08 bits per heavy atom. The minimum Gasteiger partial charge on any atom is -0.422 e. The average Bonchev–Trinajstić information content (AvgIpc) is 2.66. The molecule has 4 heteroatoms. The van der Waals surface area contributed by atoms with Crippen LogP contribution in [0.25, 0.3) is 0 Å². The summed E-state index contributed by atoms with van der Waals surface area (Å²) in [6.07, 6.45) is 8.85. The molecule has 0 N–H and O–H groups in total. The molecule has 0 aromatic heterocycles. The predicted octanol–water partition coefficient (Wildman–Crippen LogP) is 2.28. The van der Waals surface area contributed by atoms with Crippen LogP contribution in [-0.4, -0.2) is 28.1 Å². The molecule has 3 rings (SSSR count). The van der Waals surface area contributed by atoms with Crippen LogP contribution < -0.4 is 0 Å². The van der Waals surface area contributed by atoms with Crippen LogP contribution in [0, 0.1) is 6.42 Å². The molecule has 0 spiro atoms. The third-order valence-electron chi connectivity index (χ3n) is 1.90. The molecule has 0 aliphatic carbocycles. The minimum atomic E-state index is -1.02. The van der Waals surface area contributed by atoms with Crippen molar-refractivity contribution >= 4 is 23.7 Å². The van der Waals surface area contributed by atoms with E-state index in [0.29, 0.717) is 0 Å². The van der Waals surface area contributed by atoms with Gasteiger partial charge >= 0.3 is 13.7 Å². The number of rotatable bonds is 2. The first-order valence-corrected chi connectivity index (χ1v) is 7.19. The first kappa shape index (κ1) is 10.2. The zero-order valence-electron chi connectivity index (χ0n) is 7.70. The van der Waals surface area contributed by atoms with E-state index < -0.39 is 13.7 Å². The molecule has 3 aliphatic heterocycles. The van der Waals surface area contributed by atoms with Crippen molar-refractivity contribution in [2.24, 2.45) is 0 Å². The second kappa shape index (κ2) is 5.01. The van der Waals surface area contributed by atoms with E-state index in [9.17, 15) is 0 Å². The van der Waals surface area contributed by atoms with Gasteiger partial charge in [-0.05, 0) is 18.8 Å². The lowest BCUT2D eigenvalue weighted by Crippen LogP contribution is -2.54. The lowest BCUT2D eigenvalue weighted by atomic mass is 10.3. The highest BCUT2D eigenvalue weighted by Gasteiger charge is 2.45. The molecule has 0 aromatic rings. The van der Waals surface area contributed by atoms with Crippen LogP contribution in [-0.2, 0) is 0 Å². The summed E-state index contributed by atoms with van der Waals surface area (Å²) in [5.41, 5.74) is 0. The normalized spacial score (nSPS) is 17.4. The van der Waals surface area contributed by atoms with E-state index in [1.807, 2.05) is 0 Å². The van der Waals surface area contributed by atoms with Gasteiger partial charge in [-0.3, -0.25) is 0 Å². The molecular formula is C8H15AlClN2. The number of hydrogen-bond donors (Lipinski definition) is 0. The van der Waals surface area contributed by atoms with Crippen molar-refractivity contribution in [3.05, 3.63) is 18.8 Å². The topological polar surface area (TPSA) is 6.48 Å². The maximum absolute atomic E-state index is 5.84. The lowest BCUT2D eigenvalue weighted by molar-refractivity contribution is 0.361. The van der Waals surface area contributed by atoms with Gasteiger partial charge in [0.25, 0.3) is 0 Å². The van der Waals surface area contributed by atoms with Gasteiger partial charge in [0.15, 0.2) is 0 Å². The van der Waals surface area contributed by atoms with Crippen LogP contribution >= 0.6 is 10.0 Å². The van der Waals surface area contributed by atoms with Crippen LogP contribution in [0.5, 0.6) is 0 Å². The highest BCUT2D eigenvalue weighted by molar-refractivity contribution is 7.05. The number of nitrogens with zero attached hydrogens (tertiary/aromatic N) is 2. The van der Waals surface area contributed by atoms with Crippen LogP contribution in [0.2, 0.25) is 0 Å². The third-order valence-corrected chi connectivity index (χ3v) is 5.17. The summed E-state index contributed by atoms with van der Waals surface area (Å²) >= 11 is -1.02. The Kier molecular flexibility index (Phi) is 4.28. The van der Waals surface area contributed by atoms with Gasteiger partial charge in [-0.15, -0.1) is 0 Å². The first-order chi connectivity index (χ1) is 5.79. The van der Waals surface area contributed by atoms with Crippen molar-refractivity contribution in [3.8, 4) is 0 Å². The van der Waals surface area contributed by atoms with E-state index in [1.165, 1.54) is 12.8 Å². The van der Waals surface area contributed by atoms with Crippen molar-refractivity contribution in [3.63, 3.8) is 0 Å². The van der Waals surface area contributed by atoms with Gasteiger partial charge in [-0.2, -0.15) is 10.0 Å². The van der Waals surface area contributed by atoms with Crippen LogP contribution in [0.3, 0.4) is 0 Å². The van der Waals surface area contributed by atoms with E-state index in [2.05, 4.69) is 40.4 Å². The Balaban J connectivity index is 0.000000130. The van der Waals surface area contributed by atoms with Crippen molar-refractivity contribution in [2.45, 2.75) is 26.7 Å². The maximum atomic E-state index is 5.84. The van der Waals surface area contributed by atoms with Gasteiger partial charge in [0.2, 0.25) is 0 Å². The third kappa shape index (κ3) is 2.32. The van der Waals surface area contributed by atoms with E-state index in [4.69, 9.17) is 10.0 Å². The van der Waals surface area contributed by atoms with Crippen LogP contribution in [0.15, 0.2) is 12.4 Å². The summed E-state index contributed by atoms with van der Waals surface area (Å²) in [7, 11) is 5.84. The summed E-state index contributed by atoms with van der Waals surface area (Å²) < 4.78 is 4.39. The van der Waals surface area contributed by atoms with Crippen molar-refractivity contribution in [1.82, 2.24) is 7.77 Å². The molecule has 0 atom stereocenters. The highest BCUT2D eigenvalue weighted by Crippen LogP contribution is 2.24. The van der Waals surface area contributed by atoms with E-state index in [-0.39, 0.29) is 0 Å². The Morgan fingerprint density at radius 1 is 1.50 bits per heavy atom. The Morgan fingerprint density at radius 3 is 2.17 bits per heavy atom. The van der Waals surface area contributed by atoms with Gasteiger partial charge in [0.05, 0.1) is 0 Å². The molecule has 3 aliphatic rings. The van der Waals surface area contributed by atoms with Gasteiger partial charge in [-0.1, -0.05) is 26.7 Å². The highest BCUT2D eigenvalue weighted by atomic mass is 35.6. The number of halogens is 1. The zero-order chi connectivity index (χ0) is 8.97. The fourth-order valence-corrected chi connectivity index (χ4v) is 3.05. The summed E-state index contributed by atoms with van der Waals surface area (Å²) in [4.78, 5) is 0. The molecule has 12 heavy (non-hydrogen) atoms. The fourth-order valence-electron chi connectivity index (χ4n) is 1.11. The van der Waals surface area contributed by atoms with Gasteiger partial charge in [0.1, 0.15) is 0 Å². The standard InChI is InChI=1S/C5H11.C3H4N2.Al.ClH/c1-3-5-4-2;1-2-5-3-4-1;;/h3H,4-5H2,1-2H3;1-2H,3H2;;1H/q;-2;+3;/p-1. The fraction of sp³-hybridized carbons (Fsp3) is 0.625. The number of unbranched alkanes of at least 4 members (excludes halogenated alkanes) is 2. The largest absolute Gasteiger partial charge is 0.709 e. The van der Waals surface area contributed by atoms with E-state index in [0.717, 1.165) is 6.67 Å². The van der Waals surface area contributed by atoms with Gasteiger partial charge < -0.3 is 7.77 Å². The molecule has 3 heterocycles. The zero-order valence-corrected chi connectivity index (χ0v) is 9.61. The second-order valence-electron chi connectivity index (χ2n) is 2.98. The van der Waals surface area contributed by atoms with Gasteiger partial charge in [-0.25, -0.2) is 0 Å². The summed E-state index contributed by atoms with van der Waals surface area (Å²) in [6.45, 7) is 5.32. The molecule has 0 aromatic carbocycles. The molecule has 67 valence electrons. The molecular weight excluding hydrogens is 187 g/mol. The maximum Gasteiger partial charge on any atom is 0.709 e. The molecule has 0 unspecified atom stereocenters. The summed E-state index contributed by atoms with van der Waals surface area (Å²) in [6, 6.07) is 0. The molecule has 1 fully saturated rings. The Labute approximate surface area is 83.8 Å². The van der Waals surface area contributed by atoms with Crippen LogP contribution in [0.4, 0.5) is 0 Å². The lowest BCUT2D eigenvalue weighted by Gasteiger charge is -2.35. The quantitative estimate of drug-likeness (QED) is 0.633. The van der Waals surface area contributed by atoms with Crippen molar-refractivity contribution in [1.29, 1.82) is 0 Å². The van der Waals surface area contributed by atoms with Gasteiger partial charge in [0, 0.05) is 6.67 Å². The predicted molar refractivity (Wildman–Crippen MR) is 54.2 cm³/mol. The summed E-state index contributed by atoms with van der Waals surface area (Å²) in [5, 5.41) is 0. The molecule has 2 nitrogen and oxygen atoms in total. The van der Waals surface area contributed by atoms with E-state index >= 15 is 0 Å². The summed E-state index contributed by atoms with van der Waals surface area (Å²) in [5.74, 6) is 0. The van der Waals surface area contributed by atoms with E-state index in [1.54, 1.807) is 0 Å². The molecule has 1 saturated heterocycles. The van der Waals surface area contributed by atoms with Crippen molar-refractivity contribution < 1.29 is 0 Å². The monoisotopic (exact) mass is 201 g/mol. The Bertz CT molecular complexity index is 149. The van der Waals surface area contributed by atoms with Crippen molar-refractivity contribution in [2.75, 3.05) is 6.67 Å². The number of hydrogen-bond acceptors (Lipinski definition) is 2. The second-order valence-corrected chi connectivity index (χ2v) is 6.09. The Hall–Kier alpha value is 0.162. The average molecular weight is 202 g/mol. The van der Waals surface area contributed by atoms with Crippen LogP contribution in [0.1, 0.15) is 26.7 Å². The smallest absolute Gasteiger partial charge is 0.422 e.